The zero-order valence-electron chi connectivity index (χ0n) is 22.3. The van der Waals surface area contributed by atoms with Crippen LogP contribution in [0.3, 0.4) is 0 Å². The second-order valence-corrected chi connectivity index (χ2v) is 11.0. The molecule has 0 aromatic heterocycles. The Morgan fingerprint density at radius 2 is 1.10 bits per heavy atom. The number of nitrogens with zero attached hydrogens (tertiary/aromatic N) is 1. The predicted octanol–water partition coefficient (Wildman–Crippen LogP) is 8.40. The van der Waals surface area contributed by atoms with Crippen molar-refractivity contribution in [3.05, 3.63) is 150 Å². The Morgan fingerprint density at radius 3 is 1.83 bits per heavy atom. The van der Waals surface area contributed by atoms with Crippen molar-refractivity contribution in [2.75, 3.05) is 0 Å². The molecule has 0 amide bonds. The first kappa shape index (κ1) is 22.6. The van der Waals surface area contributed by atoms with Crippen LogP contribution in [-0.4, -0.2) is 6.23 Å². The molecule has 2 aliphatic heterocycles. The van der Waals surface area contributed by atoms with Gasteiger partial charge in [0.15, 0.2) is 0 Å². The highest BCUT2D eigenvalue weighted by molar-refractivity contribution is 6.21. The van der Waals surface area contributed by atoms with Crippen LogP contribution in [0, 0.1) is 0 Å². The lowest BCUT2D eigenvalue weighted by molar-refractivity contribution is 0.227. The SMILES string of the molecule is C1=c2ccccc2=NC2Oc3ccc(-c4c5ccccc5c(-c5ccc6ccccc6c5)c5ccccc45)cc3C12. The molecule has 2 aliphatic rings. The molecule has 9 rings (SSSR count). The molecule has 2 unspecified atom stereocenters. The predicted molar refractivity (Wildman–Crippen MR) is 169 cm³/mol. The first-order chi connectivity index (χ1) is 20.3. The van der Waals surface area contributed by atoms with E-state index in [0.29, 0.717) is 0 Å². The number of ether oxygens (including phenoxy) is 1. The third kappa shape index (κ3) is 3.41. The molecule has 0 aliphatic carbocycles. The molecule has 2 heteroatoms. The first-order valence-corrected chi connectivity index (χ1v) is 14.2. The maximum Gasteiger partial charge on any atom is 0.200 e. The molecule has 7 aromatic carbocycles. The molecule has 0 fully saturated rings. The summed E-state index contributed by atoms with van der Waals surface area (Å²) in [6, 6.07) is 48.1. The number of hydrogen-bond donors (Lipinski definition) is 0. The summed E-state index contributed by atoms with van der Waals surface area (Å²) in [5.41, 5.74) is 6.20. The summed E-state index contributed by atoms with van der Waals surface area (Å²) in [6.45, 7) is 0. The third-order valence-electron chi connectivity index (χ3n) is 8.74. The van der Waals surface area contributed by atoms with E-state index < -0.39 is 0 Å². The highest BCUT2D eigenvalue weighted by Gasteiger charge is 2.34. The lowest BCUT2D eigenvalue weighted by atomic mass is 9.84. The van der Waals surface area contributed by atoms with Crippen molar-refractivity contribution in [2.24, 2.45) is 4.99 Å². The number of rotatable bonds is 2. The van der Waals surface area contributed by atoms with E-state index in [0.717, 1.165) is 11.1 Å². The monoisotopic (exact) mass is 523 g/mol. The molecule has 192 valence electrons. The summed E-state index contributed by atoms with van der Waals surface area (Å²) >= 11 is 0. The van der Waals surface area contributed by atoms with Crippen LogP contribution < -0.4 is 15.3 Å². The van der Waals surface area contributed by atoms with Gasteiger partial charge in [-0.1, -0.05) is 115 Å². The van der Waals surface area contributed by atoms with E-state index in [2.05, 4.69) is 133 Å². The van der Waals surface area contributed by atoms with Gasteiger partial charge in [-0.3, -0.25) is 0 Å². The molecule has 0 saturated heterocycles. The Labute approximate surface area is 237 Å². The van der Waals surface area contributed by atoms with E-state index in [-0.39, 0.29) is 12.1 Å². The topological polar surface area (TPSA) is 21.6 Å². The van der Waals surface area contributed by atoms with E-state index in [1.54, 1.807) is 0 Å². The van der Waals surface area contributed by atoms with Gasteiger partial charge >= 0.3 is 0 Å². The van der Waals surface area contributed by atoms with Gasteiger partial charge in [-0.2, -0.15) is 0 Å². The van der Waals surface area contributed by atoms with Gasteiger partial charge in [0, 0.05) is 5.56 Å². The Bertz CT molecular complexity index is 2260. The molecular formula is C39H25NO. The number of para-hydroxylation sites is 1. The minimum Gasteiger partial charge on any atom is -0.467 e. The van der Waals surface area contributed by atoms with Crippen LogP contribution in [0.5, 0.6) is 5.75 Å². The summed E-state index contributed by atoms with van der Waals surface area (Å²) in [5.74, 6) is 1.03. The van der Waals surface area contributed by atoms with Crippen LogP contribution in [0.4, 0.5) is 0 Å². The zero-order valence-corrected chi connectivity index (χ0v) is 22.3. The van der Waals surface area contributed by atoms with E-state index >= 15 is 0 Å². The van der Waals surface area contributed by atoms with E-state index in [4.69, 9.17) is 9.73 Å². The van der Waals surface area contributed by atoms with Gasteiger partial charge < -0.3 is 4.74 Å². The molecule has 0 saturated carbocycles. The summed E-state index contributed by atoms with van der Waals surface area (Å²) in [6.07, 6.45) is 2.11. The summed E-state index contributed by atoms with van der Waals surface area (Å²) in [7, 11) is 0. The normalized spacial score (nSPS) is 16.9. The molecular weight excluding hydrogens is 498 g/mol. The fourth-order valence-corrected chi connectivity index (χ4v) is 6.88. The standard InChI is InChI=1S/C39H25NO/c1-2-10-25-21-27(18-17-24(25)9-1)37-29-12-4-6-14-31(29)38(32-15-7-5-13-30(32)37)28-19-20-36-33(23-28)34-22-26-11-3-8-16-35(26)40-39(34)41-36/h1-23,34,39H. The Balaban J connectivity index is 1.30. The smallest absolute Gasteiger partial charge is 0.200 e. The molecule has 2 atom stereocenters. The average Bonchev–Trinajstić information content (AvgIpc) is 3.38. The van der Waals surface area contributed by atoms with E-state index in [1.165, 1.54) is 65.4 Å². The van der Waals surface area contributed by atoms with Gasteiger partial charge in [0.05, 0.1) is 11.3 Å². The fourth-order valence-electron chi connectivity index (χ4n) is 6.88. The zero-order chi connectivity index (χ0) is 26.9. The van der Waals surface area contributed by atoms with Crippen LogP contribution in [0.2, 0.25) is 0 Å². The van der Waals surface area contributed by atoms with Crippen molar-refractivity contribution in [1.29, 1.82) is 0 Å². The van der Waals surface area contributed by atoms with Crippen molar-refractivity contribution in [3.63, 3.8) is 0 Å². The van der Waals surface area contributed by atoms with Gasteiger partial charge in [0.1, 0.15) is 5.75 Å². The van der Waals surface area contributed by atoms with Crippen molar-refractivity contribution in [3.8, 4) is 28.0 Å². The van der Waals surface area contributed by atoms with Crippen LogP contribution in [0.15, 0.2) is 138 Å². The molecule has 0 radical (unpaired) electrons. The summed E-state index contributed by atoms with van der Waals surface area (Å²) in [5, 5.41) is 9.73. The highest BCUT2D eigenvalue weighted by atomic mass is 16.5. The summed E-state index contributed by atoms with van der Waals surface area (Å²) in [4.78, 5) is 4.94. The average molecular weight is 524 g/mol. The Morgan fingerprint density at radius 1 is 0.512 bits per heavy atom. The van der Waals surface area contributed by atoms with Gasteiger partial charge in [-0.25, -0.2) is 4.99 Å². The van der Waals surface area contributed by atoms with Gasteiger partial charge in [-0.15, -0.1) is 0 Å². The highest BCUT2D eigenvalue weighted by Crippen LogP contribution is 2.47. The van der Waals surface area contributed by atoms with Gasteiger partial charge in [0.25, 0.3) is 0 Å². The molecule has 2 heterocycles. The number of fused-ring (bicyclic) bond motifs is 7. The van der Waals surface area contributed by atoms with Crippen molar-refractivity contribution in [1.82, 2.24) is 0 Å². The molecule has 2 nitrogen and oxygen atoms in total. The summed E-state index contributed by atoms with van der Waals surface area (Å²) < 4.78 is 6.35. The maximum absolute atomic E-state index is 6.35. The maximum atomic E-state index is 6.35. The van der Waals surface area contributed by atoms with Crippen LogP contribution in [0.1, 0.15) is 11.5 Å². The van der Waals surface area contributed by atoms with Crippen molar-refractivity contribution in [2.45, 2.75) is 12.1 Å². The van der Waals surface area contributed by atoms with Gasteiger partial charge in [-0.05, 0) is 84.1 Å². The van der Waals surface area contributed by atoms with Crippen LogP contribution >= 0.6 is 0 Å². The molecule has 0 N–H and O–H groups in total. The minimum absolute atomic E-state index is 0.106. The minimum atomic E-state index is -0.209. The third-order valence-corrected chi connectivity index (χ3v) is 8.74. The second kappa shape index (κ2) is 8.64. The Hall–Kier alpha value is -5.21. The number of benzene rings is 7. The van der Waals surface area contributed by atoms with Crippen LogP contribution in [-0.2, 0) is 0 Å². The van der Waals surface area contributed by atoms with E-state index in [1.807, 2.05) is 6.07 Å². The van der Waals surface area contributed by atoms with Gasteiger partial charge in [0.2, 0.25) is 6.23 Å². The quantitative estimate of drug-likeness (QED) is 0.209. The molecule has 0 bridgehead atoms. The lowest BCUT2D eigenvalue weighted by Gasteiger charge is -2.18. The lowest BCUT2D eigenvalue weighted by Crippen LogP contribution is -2.34. The number of hydrogen-bond acceptors (Lipinski definition) is 2. The fraction of sp³-hybridized carbons (Fsp3) is 0.0513. The Kier molecular flexibility index (Phi) is 4.76. The first-order valence-electron chi connectivity index (χ1n) is 14.2. The van der Waals surface area contributed by atoms with Crippen molar-refractivity contribution >= 4 is 38.4 Å². The molecule has 7 aromatic rings. The molecule has 0 spiro atoms. The van der Waals surface area contributed by atoms with E-state index in [9.17, 15) is 0 Å². The largest absolute Gasteiger partial charge is 0.467 e. The van der Waals surface area contributed by atoms with Crippen LogP contribution in [0.25, 0.3) is 60.6 Å². The van der Waals surface area contributed by atoms with Crippen molar-refractivity contribution < 1.29 is 4.74 Å². The second-order valence-electron chi connectivity index (χ2n) is 11.0. The molecule has 41 heavy (non-hydrogen) atoms.